The van der Waals surface area contributed by atoms with Crippen molar-refractivity contribution in [2.45, 2.75) is 12.1 Å². The van der Waals surface area contributed by atoms with Crippen LogP contribution in [0.4, 0.5) is 0 Å². The van der Waals surface area contributed by atoms with Crippen LogP contribution in [0.3, 0.4) is 0 Å². The average Bonchev–Trinajstić information content (AvgIpc) is 2.82. The predicted molar refractivity (Wildman–Crippen MR) is 125 cm³/mol. The van der Waals surface area contributed by atoms with Crippen molar-refractivity contribution in [1.29, 1.82) is 0 Å². The van der Waals surface area contributed by atoms with Gasteiger partial charge in [-0.1, -0.05) is 121 Å². The summed E-state index contributed by atoms with van der Waals surface area (Å²) in [5, 5.41) is 6.51. The maximum absolute atomic E-state index is 6.82. The summed E-state index contributed by atoms with van der Waals surface area (Å²) < 4.78 is 0. The van der Waals surface area contributed by atoms with Gasteiger partial charge in [-0.25, -0.2) is 0 Å². The molecule has 2 nitrogen and oxygen atoms in total. The molecule has 4 aromatic carbocycles. The maximum Gasteiger partial charge on any atom is 0.0554 e. The van der Waals surface area contributed by atoms with Crippen molar-refractivity contribution in [2.75, 3.05) is 0 Å². The van der Waals surface area contributed by atoms with Crippen molar-refractivity contribution < 1.29 is 0 Å². The first kappa shape index (κ1) is 19.5. The lowest BCUT2D eigenvalue weighted by Crippen LogP contribution is -2.33. The van der Waals surface area contributed by atoms with Crippen molar-refractivity contribution in [2.24, 2.45) is 5.73 Å². The SMILES string of the molecule is N[C@H](c1ccccc1)[C@H](NP(c1ccccc1)c1ccccc1)c1ccccc1. The Kier molecular flexibility index (Phi) is 6.49. The van der Waals surface area contributed by atoms with Crippen LogP contribution in [0.1, 0.15) is 23.2 Å². The second-order valence-corrected chi connectivity index (χ2v) is 8.92. The van der Waals surface area contributed by atoms with Crippen LogP contribution in [0.15, 0.2) is 121 Å². The summed E-state index contributed by atoms with van der Waals surface area (Å²) in [5.41, 5.74) is 9.15. The van der Waals surface area contributed by atoms with Gasteiger partial charge in [0.25, 0.3) is 0 Å². The molecule has 0 saturated heterocycles. The Labute approximate surface area is 174 Å². The molecule has 0 amide bonds. The summed E-state index contributed by atoms with van der Waals surface area (Å²) in [7, 11) is -0.767. The van der Waals surface area contributed by atoms with Crippen LogP contribution in [0.2, 0.25) is 0 Å². The van der Waals surface area contributed by atoms with Gasteiger partial charge in [-0.05, 0) is 21.7 Å². The van der Waals surface area contributed by atoms with Crippen LogP contribution in [0, 0.1) is 0 Å². The first-order valence-corrected chi connectivity index (χ1v) is 11.2. The number of nitrogens with one attached hydrogen (secondary N) is 1. The second kappa shape index (κ2) is 9.62. The molecule has 0 bridgehead atoms. The molecule has 0 aliphatic heterocycles. The molecule has 0 saturated carbocycles. The number of hydrogen-bond acceptors (Lipinski definition) is 2. The molecule has 3 N–H and O–H groups in total. The first-order chi connectivity index (χ1) is 14.3. The summed E-state index contributed by atoms with van der Waals surface area (Å²) in [4.78, 5) is 0. The van der Waals surface area contributed by atoms with Crippen molar-refractivity contribution in [3.63, 3.8) is 0 Å². The van der Waals surface area contributed by atoms with Crippen LogP contribution in [0.25, 0.3) is 0 Å². The van der Waals surface area contributed by atoms with E-state index in [2.05, 4.69) is 114 Å². The summed E-state index contributed by atoms with van der Waals surface area (Å²) >= 11 is 0. The monoisotopic (exact) mass is 396 g/mol. The number of benzene rings is 4. The summed E-state index contributed by atoms with van der Waals surface area (Å²) in [6, 6.07) is 42.0. The predicted octanol–water partition coefficient (Wildman–Crippen LogP) is 5.07. The van der Waals surface area contributed by atoms with Crippen molar-refractivity contribution >= 4 is 18.7 Å². The smallest absolute Gasteiger partial charge is 0.0554 e. The van der Waals surface area contributed by atoms with Crippen LogP contribution in [0.5, 0.6) is 0 Å². The fourth-order valence-corrected chi connectivity index (χ4v) is 5.61. The van der Waals surface area contributed by atoms with E-state index in [0.717, 1.165) is 5.56 Å². The Morgan fingerprint density at radius 2 is 0.897 bits per heavy atom. The number of hydrogen-bond donors (Lipinski definition) is 2. The summed E-state index contributed by atoms with van der Waals surface area (Å²) in [6.07, 6.45) is 0. The lowest BCUT2D eigenvalue weighted by Gasteiger charge is -2.31. The van der Waals surface area contributed by atoms with Crippen molar-refractivity contribution in [3.8, 4) is 0 Å². The van der Waals surface area contributed by atoms with Crippen molar-refractivity contribution in [3.05, 3.63) is 132 Å². The van der Waals surface area contributed by atoms with Gasteiger partial charge in [0.15, 0.2) is 0 Å². The lowest BCUT2D eigenvalue weighted by atomic mass is 9.95. The molecule has 0 unspecified atom stereocenters. The largest absolute Gasteiger partial charge is 0.322 e. The van der Waals surface area contributed by atoms with E-state index in [-0.39, 0.29) is 12.1 Å². The third kappa shape index (κ3) is 4.81. The molecule has 0 fully saturated rings. The lowest BCUT2D eigenvalue weighted by molar-refractivity contribution is 0.540. The summed E-state index contributed by atoms with van der Waals surface area (Å²) in [5.74, 6) is 0. The zero-order valence-corrected chi connectivity index (χ0v) is 17.1. The molecule has 0 aliphatic rings. The van der Waals surface area contributed by atoms with Gasteiger partial charge in [0.05, 0.1) is 6.04 Å². The Morgan fingerprint density at radius 3 is 1.34 bits per heavy atom. The molecule has 0 spiro atoms. The van der Waals surface area contributed by atoms with E-state index in [9.17, 15) is 0 Å². The molecule has 0 aromatic heterocycles. The van der Waals surface area contributed by atoms with Crippen LogP contribution in [-0.2, 0) is 0 Å². The molecule has 29 heavy (non-hydrogen) atoms. The first-order valence-electron chi connectivity index (χ1n) is 9.85. The normalized spacial score (nSPS) is 13.2. The maximum atomic E-state index is 6.82. The molecule has 0 radical (unpaired) electrons. The van der Waals surface area contributed by atoms with E-state index in [1.165, 1.54) is 16.2 Å². The van der Waals surface area contributed by atoms with Crippen LogP contribution >= 0.6 is 8.07 Å². The number of rotatable bonds is 7. The van der Waals surface area contributed by atoms with E-state index in [0.29, 0.717) is 0 Å². The quantitative estimate of drug-likeness (QED) is 0.428. The third-order valence-electron chi connectivity index (χ3n) is 5.00. The van der Waals surface area contributed by atoms with Gasteiger partial charge < -0.3 is 5.73 Å². The minimum atomic E-state index is -0.767. The Morgan fingerprint density at radius 1 is 0.517 bits per heavy atom. The Balaban J connectivity index is 1.75. The summed E-state index contributed by atoms with van der Waals surface area (Å²) in [6.45, 7) is 0. The van der Waals surface area contributed by atoms with Crippen molar-refractivity contribution in [1.82, 2.24) is 5.09 Å². The van der Waals surface area contributed by atoms with Gasteiger partial charge in [-0.3, -0.25) is 5.09 Å². The highest BCUT2D eigenvalue weighted by molar-refractivity contribution is 7.71. The van der Waals surface area contributed by atoms with Gasteiger partial charge >= 0.3 is 0 Å². The number of nitrogens with two attached hydrogens (primary N) is 1. The molecule has 144 valence electrons. The van der Waals surface area contributed by atoms with E-state index in [1.54, 1.807) is 0 Å². The molecule has 0 aliphatic carbocycles. The molecule has 4 aromatic rings. The van der Waals surface area contributed by atoms with E-state index < -0.39 is 8.07 Å². The van der Waals surface area contributed by atoms with Gasteiger partial charge in [0.2, 0.25) is 0 Å². The highest BCUT2D eigenvalue weighted by Gasteiger charge is 2.26. The molecule has 4 rings (SSSR count). The van der Waals surface area contributed by atoms with Gasteiger partial charge in [-0.15, -0.1) is 0 Å². The Bertz CT molecular complexity index is 952. The standard InChI is InChI=1S/C26H25N2P/c27-25(21-13-5-1-6-14-21)26(22-15-7-2-8-16-22)28-29(23-17-9-3-10-18-23)24-19-11-4-12-20-24/h1-20,25-26,28H,27H2/t25-,26-/m1/s1. The van der Waals surface area contributed by atoms with E-state index >= 15 is 0 Å². The average molecular weight is 396 g/mol. The molecular weight excluding hydrogens is 371 g/mol. The Hall–Kier alpha value is -2.77. The van der Waals surface area contributed by atoms with Crippen LogP contribution < -0.4 is 21.4 Å². The topological polar surface area (TPSA) is 38.0 Å². The molecule has 3 heteroatoms. The zero-order chi connectivity index (χ0) is 19.9. The second-order valence-electron chi connectivity index (χ2n) is 6.96. The van der Waals surface area contributed by atoms with E-state index in [1.807, 2.05) is 12.1 Å². The zero-order valence-electron chi connectivity index (χ0n) is 16.2. The molecule has 0 heterocycles. The fourth-order valence-electron chi connectivity index (χ4n) is 3.48. The minimum Gasteiger partial charge on any atom is -0.322 e. The van der Waals surface area contributed by atoms with E-state index in [4.69, 9.17) is 5.73 Å². The van der Waals surface area contributed by atoms with Gasteiger partial charge in [0, 0.05) is 14.1 Å². The van der Waals surface area contributed by atoms with Crippen LogP contribution in [-0.4, -0.2) is 0 Å². The minimum absolute atomic E-state index is 0.00915. The highest BCUT2D eigenvalue weighted by Crippen LogP contribution is 2.37. The fraction of sp³-hybridized carbons (Fsp3) is 0.0769. The molecular formula is C26H25N2P. The highest BCUT2D eigenvalue weighted by atomic mass is 31.1. The molecule has 2 atom stereocenters. The third-order valence-corrected chi connectivity index (χ3v) is 7.16. The van der Waals surface area contributed by atoms with Gasteiger partial charge in [0.1, 0.15) is 0 Å². The van der Waals surface area contributed by atoms with Gasteiger partial charge in [-0.2, -0.15) is 0 Å².